The molecular formula is C18H18N4O. The van der Waals surface area contributed by atoms with Crippen molar-refractivity contribution in [2.24, 2.45) is 13.0 Å². The number of aromatic nitrogens is 4. The van der Waals surface area contributed by atoms with E-state index in [1.807, 2.05) is 32.3 Å². The average molecular weight is 306 g/mol. The SMILES string of the molecule is Cc1ncc(-c2ccc3cnc(CC(=O)C4CC4)nc3c2)n1C. The maximum atomic E-state index is 12.0. The molecule has 0 spiro atoms. The summed E-state index contributed by atoms with van der Waals surface area (Å²) in [5.41, 5.74) is 2.99. The van der Waals surface area contributed by atoms with E-state index in [1.165, 1.54) is 0 Å². The first-order chi connectivity index (χ1) is 11.1. The Morgan fingerprint density at radius 2 is 2.09 bits per heavy atom. The minimum Gasteiger partial charge on any atom is -0.331 e. The number of fused-ring (bicyclic) bond motifs is 1. The van der Waals surface area contributed by atoms with E-state index in [9.17, 15) is 4.79 Å². The van der Waals surface area contributed by atoms with Gasteiger partial charge in [0.2, 0.25) is 0 Å². The summed E-state index contributed by atoms with van der Waals surface area (Å²) < 4.78 is 2.06. The number of imidazole rings is 1. The van der Waals surface area contributed by atoms with Gasteiger partial charge in [-0.05, 0) is 25.8 Å². The summed E-state index contributed by atoms with van der Waals surface area (Å²) in [6.45, 7) is 1.98. The lowest BCUT2D eigenvalue weighted by Gasteiger charge is -2.06. The molecule has 0 amide bonds. The van der Waals surface area contributed by atoms with Crippen LogP contribution in [-0.2, 0) is 18.3 Å². The van der Waals surface area contributed by atoms with Gasteiger partial charge in [0, 0.05) is 30.1 Å². The van der Waals surface area contributed by atoms with Crippen LogP contribution in [0.4, 0.5) is 0 Å². The molecule has 0 saturated heterocycles. The van der Waals surface area contributed by atoms with E-state index < -0.39 is 0 Å². The summed E-state index contributed by atoms with van der Waals surface area (Å²) >= 11 is 0. The zero-order valence-electron chi connectivity index (χ0n) is 13.3. The van der Waals surface area contributed by atoms with Crippen LogP contribution in [0.5, 0.6) is 0 Å². The lowest BCUT2D eigenvalue weighted by molar-refractivity contribution is -0.119. The summed E-state index contributed by atoms with van der Waals surface area (Å²) in [6, 6.07) is 6.11. The molecule has 23 heavy (non-hydrogen) atoms. The van der Waals surface area contributed by atoms with Crippen LogP contribution in [0.15, 0.2) is 30.6 Å². The van der Waals surface area contributed by atoms with Gasteiger partial charge in [-0.1, -0.05) is 12.1 Å². The Hall–Kier alpha value is -2.56. The summed E-state index contributed by atoms with van der Waals surface area (Å²) in [4.78, 5) is 25.2. The lowest BCUT2D eigenvalue weighted by Crippen LogP contribution is -2.08. The fourth-order valence-corrected chi connectivity index (χ4v) is 2.78. The van der Waals surface area contributed by atoms with E-state index in [4.69, 9.17) is 0 Å². The maximum Gasteiger partial charge on any atom is 0.143 e. The second-order valence-corrected chi connectivity index (χ2v) is 6.23. The van der Waals surface area contributed by atoms with Gasteiger partial charge in [0.25, 0.3) is 0 Å². The van der Waals surface area contributed by atoms with Gasteiger partial charge in [-0.2, -0.15) is 0 Å². The molecule has 3 aromatic rings. The number of Topliss-reactive ketones (excluding diaryl/α,β-unsaturated/α-hetero) is 1. The Labute approximate surface area is 134 Å². The van der Waals surface area contributed by atoms with Crippen LogP contribution in [0.2, 0.25) is 0 Å². The number of aryl methyl sites for hydroxylation is 1. The Morgan fingerprint density at radius 1 is 1.26 bits per heavy atom. The second-order valence-electron chi connectivity index (χ2n) is 6.23. The maximum absolute atomic E-state index is 12.0. The highest BCUT2D eigenvalue weighted by molar-refractivity contribution is 5.86. The number of ketones is 1. The van der Waals surface area contributed by atoms with Crippen molar-refractivity contribution in [2.45, 2.75) is 26.2 Å². The Balaban J connectivity index is 1.71. The van der Waals surface area contributed by atoms with E-state index in [1.54, 1.807) is 6.20 Å². The van der Waals surface area contributed by atoms with Gasteiger partial charge in [-0.25, -0.2) is 15.0 Å². The molecule has 1 saturated carbocycles. The van der Waals surface area contributed by atoms with Crippen molar-refractivity contribution in [2.75, 3.05) is 0 Å². The quantitative estimate of drug-likeness (QED) is 0.743. The number of benzene rings is 1. The van der Waals surface area contributed by atoms with E-state index in [2.05, 4.69) is 25.6 Å². The van der Waals surface area contributed by atoms with E-state index >= 15 is 0 Å². The van der Waals surface area contributed by atoms with Crippen LogP contribution in [-0.4, -0.2) is 25.3 Å². The highest BCUT2D eigenvalue weighted by Gasteiger charge is 2.29. The summed E-state index contributed by atoms with van der Waals surface area (Å²) in [5.74, 6) is 2.10. The van der Waals surface area contributed by atoms with Crippen molar-refractivity contribution in [3.05, 3.63) is 42.2 Å². The molecule has 5 heteroatoms. The number of hydrogen-bond acceptors (Lipinski definition) is 4. The van der Waals surface area contributed by atoms with Crippen LogP contribution in [0.25, 0.3) is 22.2 Å². The number of nitrogens with zero attached hydrogens (tertiary/aromatic N) is 4. The molecule has 5 nitrogen and oxygen atoms in total. The van der Waals surface area contributed by atoms with Crippen LogP contribution in [0.1, 0.15) is 24.5 Å². The van der Waals surface area contributed by atoms with Crippen molar-refractivity contribution in [3.8, 4) is 11.3 Å². The first-order valence-corrected chi connectivity index (χ1v) is 7.89. The topological polar surface area (TPSA) is 60.7 Å². The van der Waals surface area contributed by atoms with Gasteiger partial charge < -0.3 is 4.57 Å². The molecule has 0 radical (unpaired) electrons. The smallest absolute Gasteiger partial charge is 0.143 e. The van der Waals surface area contributed by atoms with Gasteiger partial charge in [-0.3, -0.25) is 4.79 Å². The van der Waals surface area contributed by atoms with E-state index in [0.29, 0.717) is 12.2 Å². The molecule has 0 unspecified atom stereocenters. The molecule has 1 aliphatic carbocycles. The molecule has 0 atom stereocenters. The predicted molar refractivity (Wildman–Crippen MR) is 87.9 cm³/mol. The fourth-order valence-electron chi connectivity index (χ4n) is 2.78. The van der Waals surface area contributed by atoms with Crippen LogP contribution in [0.3, 0.4) is 0 Å². The van der Waals surface area contributed by atoms with E-state index in [-0.39, 0.29) is 11.7 Å². The van der Waals surface area contributed by atoms with Gasteiger partial charge in [-0.15, -0.1) is 0 Å². The molecule has 1 aromatic carbocycles. The minimum absolute atomic E-state index is 0.248. The minimum atomic E-state index is 0.248. The number of hydrogen-bond donors (Lipinski definition) is 0. The molecule has 1 fully saturated rings. The summed E-state index contributed by atoms with van der Waals surface area (Å²) in [6.07, 6.45) is 6.06. The molecule has 116 valence electrons. The number of rotatable bonds is 4. The van der Waals surface area contributed by atoms with Crippen molar-refractivity contribution in [1.82, 2.24) is 19.5 Å². The predicted octanol–water partition coefficient (Wildman–Crippen LogP) is 2.86. The first kappa shape index (κ1) is 14.1. The van der Waals surface area contributed by atoms with Crippen molar-refractivity contribution < 1.29 is 4.79 Å². The normalized spacial score (nSPS) is 14.3. The Kier molecular flexibility index (Phi) is 3.22. The zero-order valence-corrected chi connectivity index (χ0v) is 13.3. The lowest BCUT2D eigenvalue weighted by atomic mass is 10.1. The molecule has 2 aromatic heterocycles. The Bertz CT molecular complexity index is 909. The number of carbonyl (C=O) groups is 1. The average Bonchev–Trinajstić information content (AvgIpc) is 3.34. The number of carbonyl (C=O) groups excluding carboxylic acids is 1. The highest BCUT2D eigenvalue weighted by Crippen LogP contribution is 2.30. The molecule has 1 aliphatic rings. The summed E-state index contributed by atoms with van der Waals surface area (Å²) in [7, 11) is 2.00. The molecule has 0 N–H and O–H groups in total. The zero-order chi connectivity index (χ0) is 16.0. The molecule has 4 rings (SSSR count). The van der Waals surface area contributed by atoms with Crippen LogP contribution in [0, 0.1) is 12.8 Å². The van der Waals surface area contributed by atoms with Gasteiger partial charge in [0.05, 0.1) is 23.8 Å². The second kappa shape index (κ2) is 5.26. The Morgan fingerprint density at radius 3 is 2.78 bits per heavy atom. The first-order valence-electron chi connectivity index (χ1n) is 7.89. The standard InChI is InChI=1S/C18H18N4O/c1-11-19-10-16(22(11)2)13-5-6-14-9-20-18(21-15(14)7-13)8-17(23)12-3-4-12/h5-7,9-10,12H,3-4,8H2,1-2H3. The third-order valence-electron chi connectivity index (χ3n) is 4.51. The fraction of sp³-hybridized carbons (Fsp3) is 0.333. The van der Waals surface area contributed by atoms with Gasteiger partial charge >= 0.3 is 0 Å². The third kappa shape index (κ3) is 2.63. The summed E-state index contributed by atoms with van der Waals surface area (Å²) in [5, 5.41) is 0.982. The largest absolute Gasteiger partial charge is 0.331 e. The van der Waals surface area contributed by atoms with Gasteiger partial charge in [0.1, 0.15) is 17.4 Å². The third-order valence-corrected chi connectivity index (χ3v) is 4.51. The van der Waals surface area contributed by atoms with Crippen molar-refractivity contribution >= 4 is 16.7 Å². The molecule has 0 bridgehead atoms. The highest BCUT2D eigenvalue weighted by atomic mass is 16.1. The van der Waals surface area contributed by atoms with Crippen molar-refractivity contribution in [3.63, 3.8) is 0 Å². The van der Waals surface area contributed by atoms with Crippen LogP contribution < -0.4 is 0 Å². The monoisotopic (exact) mass is 306 g/mol. The molecule has 2 heterocycles. The van der Waals surface area contributed by atoms with E-state index in [0.717, 1.165) is 40.8 Å². The van der Waals surface area contributed by atoms with Crippen molar-refractivity contribution in [1.29, 1.82) is 0 Å². The molecular weight excluding hydrogens is 288 g/mol. The van der Waals surface area contributed by atoms with Gasteiger partial charge in [0.15, 0.2) is 0 Å². The van der Waals surface area contributed by atoms with Crippen LogP contribution >= 0.6 is 0 Å². The molecule has 0 aliphatic heterocycles.